The fourth-order valence-corrected chi connectivity index (χ4v) is 1.49. The monoisotopic (exact) mass is 223 g/mol. The molecule has 4 heteroatoms. The van der Waals surface area contributed by atoms with Crippen LogP contribution in [0.25, 0.3) is 0 Å². The third-order valence-corrected chi connectivity index (χ3v) is 2.10. The number of hydrogen-bond acceptors (Lipinski definition) is 2. The smallest absolute Gasteiger partial charge is 0.181 e. The lowest BCUT2D eigenvalue weighted by Crippen LogP contribution is -2.43. The Morgan fingerprint density at radius 3 is 2.53 bits per heavy atom. The second kappa shape index (κ2) is 6.37. The number of nitrogens with zero attached hydrogens (tertiary/aromatic N) is 1. The van der Waals surface area contributed by atoms with Crippen LogP contribution >= 0.6 is 12.2 Å². The number of rotatable bonds is 4. The number of thiocarbonyl (C=S) groups is 1. The highest BCUT2D eigenvalue weighted by Gasteiger charge is 1.95. The van der Waals surface area contributed by atoms with Crippen LogP contribution in [-0.4, -0.2) is 30.8 Å². The summed E-state index contributed by atoms with van der Waals surface area (Å²) in [6.45, 7) is 0.851. The molecule has 0 aliphatic rings. The maximum absolute atomic E-state index is 5.08. The van der Waals surface area contributed by atoms with Crippen LogP contribution in [0.3, 0.4) is 0 Å². The van der Waals surface area contributed by atoms with Crippen LogP contribution in [0.15, 0.2) is 30.3 Å². The maximum atomic E-state index is 5.08. The van der Waals surface area contributed by atoms with Crippen LogP contribution < -0.4 is 10.7 Å². The Bertz CT molecular complexity index is 298. The third kappa shape index (κ3) is 5.34. The van der Waals surface area contributed by atoms with E-state index in [0.717, 1.165) is 13.0 Å². The van der Waals surface area contributed by atoms with Crippen molar-refractivity contribution in [2.75, 3.05) is 20.6 Å². The van der Waals surface area contributed by atoms with Crippen LogP contribution in [0.2, 0.25) is 0 Å². The number of nitrogens with one attached hydrogen (secondary N) is 2. The molecule has 0 aliphatic heterocycles. The van der Waals surface area contributed by atoms with E-state index in [4.69, 9.17) is 12.2 Å². The van der Waals surface area contributed by atoms with E-state index in [2.05, 4.69) is 22.9 Å². The SMILES string of the molecule is CN(C)NC(=S)NCCc1ccccc1. The van der Waals surface area contributed by atoms with Gasteiger partial charge in [0.1, 0.15) is 0 Å². The van der Waals surface area contributed by atoms with Crippen molar-refractivity contribution in [3.05, 3.63) is 35.9 Å². The standard InChI is InChI=1S/C11H17N3S/c1-14(2)13-11(15)12-9-8-10-6-4-3-5-7-10/h3-7H,8-9H2,1-2H3,(H2,12,13,15). The van der Waals surface area contributed by atoms with E-state index in [0.29, 0.717) is 5.11 Å². The van der Waals surface area contributed by atoms with Gasteiger partial charge in [0.2, 0.25) is 0 Å². The Hall–Kier alpha value is -1.13. The first-order chi connectivity index (χ1) is 7.18. The summed E-state index contributed by atoms with van der Waals surface area (Å²) in [5.41, 5.74) is 4.30. The minimum atomic E-state index is 0.663. The van der Waals surface area contributed by atoms with E-state index in [-0.39, 0.29) is 0 Å². The summed E-state index contributed by atoms with van der Waals surface area (Å²) in [6, 6.07) is 10.3. The van der Waals surface area contributed by atoms with Gasteiger partial charge in [-0.05, 0) is 24.2 Å². The second-order valence-corrected chi connectivity index (χ2v) is 3.91. The summed E-state index contributed by atoms with van der Waals surface area (Å²) in [5, 5.41) is 5.62. The van der Waals surface area contributed by atoms with Gasteiger partial charge in [-0.15, -0.1) is 0 Å². The lowest BCUT2D eigenvalue weighted by Gasteiger charge is -2.15. The van der Waals surface area contributed by atoms with Crippen molar-refractivity contribution < 1.29 is 0 Å². The molecule has 0 atom stereocenters. The first kappa shape index (κ1) is 11.9. The van der Waals surface area contributed by atoms with Crippen molar-refractivity contribution >= 4 is 17.3 Å². The van der Waals surface area contributed by atoms with E-state index >= 15 is 0 Å². The van der Waals surface area contributed by atoms with Gasteiger partial charge in [0.25, 0.3) is 0 Å². The minimum Gasteiger partial charge on any atom is -0.361 e. The zero-order chi connectivity index (χ0) is 11.1. The van der Waals surface area contributed by atoms with Crippen molar-refractivity contribution in [1.29, 1.82) is 0 Å². The molecule has 15 heavy (non-hydrogen) atoms. The quantitative estimate of drug-likeness (QED) is 0.592. The molecule has 0 bridgehead atoms. The highest BCUT2D eigenvalue weighted by molar-refractivity contribution is 7.80. The zero-order valence-corrected chi connectivity index (χ0v) is 9.97. The average Bonchev–Trinajstić information content (AvgIpc) is 2.18. The Balaban J connectivity index is 2.19. The molecule has 1 aromatic rings. The van der Waals surface area contributed by atoms with Crippen LogP contribution in [-0.2, 0) is 6.42 Å². The van der Waals surface area contributed by atoms with Gasteiger partial charge in [0.15, 0.2) is 5.11 Å². The van der Waals surface area contributed by atoms with Gasteiger partial charge in [-0.2, -0.15) is 0 Å². The molecule has 0 saturated carbocycles. The van der Waals surface area contributed by atoms with Gasteiger partial charge in [-0.25, -0.2) is 5.01 Å². The number of benzene rings is 1. The summed E-state index contributed by atoms with van der Waals surface area (Å²) in [4.78, 5) is 0. The number of hydrazine groups is 1. The highest BCUT2D eigenvalue weighted by atomic mass is 32.1. The largest absolute Gasteiger partial charge is 0.361 e. The molecule has 0 fully saturated rings. The summed E-state index contributed by atoms with van der Waals surface area (Å²) in [6.07, 6.45) is 0.982. The van der Waals surface area contributed by atoms with E-state index in [1.165, 1.54) is 5.56 Å². The molecule has 0 saturated heterocycles. The Morgan fingerprint density at radius 1 is 1.27 bits per heavy atom. The molecule has 0 heterocycles. The van der Waals surface area contributed by atoms with E-state index in [1.807, 2.05) is 37.3 Å². The van der Waals surface area contributed by atoms with Gasteiger partial charge in [-0.1, -0.05) is 30.3 Å². The van der Waals surface area contributed by atoms with Gasteiger partial charge in [-0.3, -0.25) is 5.43 Å². The predicted octanol–water partition coefficient (Wildman–Crippen LogP) is 1.17. The third-order valence-electron chi connectivity index (χ3n) is 1.87. The Morgan fingerprint density at radius 2 is 1.93 bits per heavy atom. The first-order valence-electron chi connectivity index (χ1n) is 4.94. The van der Waals surface area contributed by atoms with Crippen LogP contribution in [0.1, 0.15) is 5.56 Å². The molecule has 0 aromatic heterocycles. The molecular formula is C11H17N3S. The average molecular weight is 223 g/mol. The van der Waals surface area contributed by atoms with Crippen molar-refractivity contribution in [3.63, 3.8) is 0 Å². The minimum absolute atomic E-state index is 0.663. The van der Waals surface area contributed by atoms with E-state index < -0.39 is 0 Å². The molecule has 0 aliphatic carbocycles. The van der Waals surface area contributed by atoms with Crippen LogP contribution in [0, 0.1) is 0 Å². The van der Waals surface area contributed by atoms with Gasteiger partial charge < -0.3 is 5.32 Å². The van der Waals surface area contributed by atoms with Crippen molar-refractivity contribution in [2.45, 2.75) is 6.42 Å². The van der Waals surface area contributed by atoms with Crippen molar-refractivity contribution in [2.24, 2.45) is 0 Å². The summed E-state index contributed by atoms with van der Waals surface area (Å²) < 4.78 is 0. The fraction of sp³-hybridized carbons (Fsp3) is 0.364. The van der Waals surface area contributed by atoms with E-state index in [1.54, 1.807) is 0 Å². The van der Waals surface area contributed by atoms with Crippen LogP contribution in [0.4, 0.5) is 0 Å². The molecular weight excluding hydrogens is 206 g/mol. The zero-order valence-electron chi connectivity index (χ0n) is 9.16. The molecule has 82 valence electrons. The van der Waals surface area contributed by atoms with Gasteiger partial charge in [0, 0.05) is 20.6 Å². The van der Waals surface area contributed by atoms with Crippen molar-refractivity contribution in [3.8, 4) is 0 Å². The summed E-state index contributed by atoms with van der Waals surface area (Å²) in [7, 11) is 3.82. The number of hydrogen-bond donors (Lipinski definition) is 2. The highest BCUT2D eigenvalue weighted by Crippen LogP contribution is 1.97. The van der Waals surface area contributed by atoms with Gasteiger partial charge in [0.05, 0.1) is 0 Å². The molecule has 0 radical (unpaired) electrons. The van der Waals surface area contributed by atoms with Gasteiger partial charge >= 0.3 is 0 Å². The molecule has 0 unspecified atom stereocenters. The topological polar surface area (TPSA) is 27.3 Å². The maximum Gasteiger partial charge on any atom is 0.181 e. The molecule has 0 amide bonds. The molecule has 3 nitrogen and oxygen atoms in total. The lowest BCUT2D eigenvalue weighted by molar-refractivity contribution is 0.360. The summed E-state index contributed by atoms with van der Waals surface area (Å²) >= 11 is 5.08. The van der Waals surface area contributed by atoms with Crippen molar-refractivity contribution in [1.82, 2.24) is 15.8 Å². The molecule has 1 rings (SSSR count). The van der Waals surface area contributed by atoms with Crippen LogP contribution in [0.5, 0.6) is 0 Å². The first-order valence-corrected chi connectivity index (χ1v) is 5.35. The van der Waals surface area contributed by atoms with E-state index in [9.17, 15) is 0 Å². The Kier molecular flexibility index (Phi) is 5.07. The molecule has 0 spiro atoms. The lowest BCUT2D eigenvalue weighted by atomic mass is 10.1. The normalized spacial score (nSPS) is 10.1. The predicted molar refractivity (Wildman–Crippen MR) is 67.6 cm³/mol. The molecule has 2 N–H and O–H groups in total. The Labute approximate surface area is 96.4 Å². The second-order valence-electron chi connectivity index (χ2n) is 3.50. The molecule has 1 aromatic carbocycles. The summed E-state index contributed by atoms with van der Waals surface area (Å²) in [5.74, 6) is 0. The fourth-order valence-electron chi connectivity index (χ4n) is 1.21.